The second-order valence-corrected chi connectivity index (χ2v) is 7.09. The number of carbonyl (C=O) groups is 1. The van der Waals surface area contributed by atoms with Crippen molar-refractivity contribution in [3.63, 3.8) is 0 Å². The van der Waals surface area contributed by atoms with Gasteiger partial charge in [0.25, 0.3) is 0 Å². The molecule has 0 aromatic heterocycles. The zero-order valence-electron chi connectivity index (χ0n) is 15.2. The van der Waals surface area contributed by atoms with Crippen molar-refractivity contribution in [1.29, 1.82) is 0 Å². The van der Waals surface area contributed by atoms with Gasteiger partial charge in [-0.3, -0.25) is 9.79 Å². The number of hydrogen-bond acceptors (Lipinski definition) is 2. The number of nitrogens with one attached hydrogen (secondary N) is 3. The highest BCUT2D eigenvalue weighted by Crippen LogP contribution is 2.21. The number of rotatable bonds is 7. The molecule has 0 bridgehead atoms. The zero-order chi connectivity index (χ0) is 16.5. The largest absolute Gasteiger partial charge is 0.355 e. The van der Waals surface area contributed by atoms with Crippen molar-refractivity contribution < 1.29 is 4.79 Å². The van der Waals surface area contributed by atoms with Gasteiger partial charge in [0.15, 0.2) is 5.96 Å². The van der Waals surface area contributed by atoms with E-state index in [0.29, 0.717) is 24.5 Å². The molecule has 0 aliphatic rings. The summed E-state index contributed by atoms with van der Waals surface area (Å²) in [6.07, 6.45) is 2.27. The van der Waals surface area contributed by atoms with E-state index in [1.165, 1.54) is 6.42 Å². The summed E-state index contributed by atoms with van der Waals surface area (Å²) in [7, 11) is 1.76. The topological polar surface area (TPSA) is 65.5 Å². The molecule has 5 nitrogen and oxygen atoms in total. The molecule has 0 aliphatic carbocycles. The molecular formula is C16H35IN4O. The average Bonchev–Trinajstić information content (AvgIpc) is 2.38. The van der Waals surface area contributed by atoms with Gasteiger partial charge in [-0.15, -0.1) is 24.0 Å². The highest BCUT2D eigenvalue weighted by atomic mass is 127. The number of halogens is 1. The van der Waals surface area contributed by atoms with E-state index < -0.39 is 0 Å². The number of hydrogen-bond donors (Lipinski definition) is 3. The predicted octanol–water partition coefficient (Wildman–Crippen LogP) is 2.76. The maximum Gasteiger partial charge on any atom is 0.222 e. The van der Waals surface area contributed by atoms with Crippen LogP contribution in [0, 0.1) is 11.3 Å². The van der Waals surface area contributed by atoms with Gasteiger partial charge in [-0.05, 0) is 25.2 Å². The van der Waals surface area contributed by atoms with Crippen LogP contribution in [0.5, 0.6) is 0 Å². The quantitative estimate of drug-likeness (QED) is 0.254. The normalized spacial score (nSPS) is 13.4. The zero-order valence-corrected chi connectivity index (χ0v) is 17.6. The fourth-order valence-corrected chi connectivity index (χ4v) is 1.72. The first-order chi connectivity index (χ1) is 9.65. The lowest BCUT2D eigenvalue weighted by Crippen LogP contribution is -2.45. The average molecular weight is 426 g/mol. The highest BCUT2D eigenvalue weighted by Gasteiger charge is 2.13. The molecule has 1 unspecified atom stereocenters. The van der Waals surface area contributed by atoms with Crippen LogP contribution in [0.3, 0.4) is 0 Å². The van der Waals surface area contributed by atoms with E-state index in [1.807, 2.05) is 13.8 Å². The molecule has 0 aromatic rings. The third-order valence-corrected chi connectivity index (χ3v) is 3.18. The first-order valence-corrected chi connectivity index (χ1v) is 7.90. The maximum atomic E-state index is 11.4. The molecule has 0 rings (SSSR count). The van der Waals surface area contributed by atoms with E-state index in [-0.39, 0.29) is 35.8 Å². The van der Waals surface area contributed by atoms with E-state index in [4.69, 9.17) is 0 Å². The third kappa shape index (κ3) is 13.2. The van der Waals surface area contributed by atoms with E-state index >= 15 is 0 Å². The van der Waals surface area contributed by atoms with E-state index in [1.54, 1.807) is 7.05 Å². The van der Waals surface area contributed by atoms with Crippen molar-refractivity contribution in [2.75, 3.05) is 20.1 Å². The minimum absolute atomic E-state index is 0. The van der Waals surface area contributed by atoms with Crippen LogP contribution >= 0.6 is 24.0 Å². The predicted molar refractivity (Wildman–Crippen MR) is 106 cm³/mol. The molecule has 132 valence electrons. The number of guanidine groups is 1. The van der Waals surface area contributed by atoms with Crippen molar-refractivity contribution in [1.82, 2.24) is 16.0 Å². The molecule has 0 radical (unpaired) electrons. The Morgan fingerprint density at radius 2 is 1.64 bits per heavy atom. The lowest BCUT2D eigenvalue weighted by molar-refractivity contribution is -0.123. The molecule has 0 saturated carbocycles. The van der Waals surface area contributed by atoms with Gasteiger partial charge in [0.2, 0.25) is 5.91 Å². The first-order valence-electron chi connectivity index (χ1n) is 7.90. The Bertz CT molecular complexity index is 338. The van der Waals surface area contributed by atoms with Gasteiger partial charge in [0, 0.05) is 32.1 Å². The molecule has 1 atom stereocenters. The van der Waals surface area contributed by atoms with Crippen molar-refractivity contribution >= 4 is 35.8 Å². The summed E-state index contributed by atoms with van der Waals surface area (Å²) in [4.78, 5) is 15.6. The Morgan fingerprint density at radius 1 is 1.09 bits per heavy atom. The Kier molecular flexibility index (Phi) is 12.9. The summed E-state index contributed by atoms with van der Waals surface area (Å²) in [6, 6.07) is 0.376. The summed E-state index contributed by atoms with van der Waals surface area (Å²) < 4.78 is 0. The van der Waals surface area contributed by atoms with Gasteiger partial charge < -0.3 is 16.0 Å². The second kappa shape index (κ2) is 12.0. The van der Waals surface area contributed by atoms with Crippen LogP contribution in [0.4, 0.5) is 0 Å². The molecule has 0 saturated heterocycles. The summed E-state index contributed by atoms with van der Waals surface area (Å²) in [5.74, 6) is 0.897. The van der Waals surface area contributed by atoms with Crippen LogP contribution in [0.25, 0.3) is 0 Å². The highest BCUT2D eigenvalue weighted by molar-refractivity contribution is 14.0. The maximum absolute atomic E-state index is 11.4. The van der Waals surface area contributed by atoms with Crippen LogP contribution in [-0.4, -0.2) is 38.0 Å². The lowest BCUT2D eigenvalue weighted by atomic mass is 9.89. The molecule has 0 fully saturated rings. The third-order valence-electron chi connectivity index (χ3n) is 3.18. The number of nitrogens with zero attached hydrogens (tertiary/aromatic N) is 1. The van der Waals surface area contributed by atoms with Gasteiger partial charge in [0.05, 0.1) is 0 Å². The fraction of sp³-hybridized carbons (Fsp3) is 0.875. The van der Waals surface area contributed by atoms with Gasteiger partial charge in [-0.2, -0.15) is 0 Å². The van der Waals surface area contributed by atoms with Crippen LogP contribution in [0.15, 0.2) is 4.99 Å². The summed E-state index contributed by atoms with van der Waals surface area (Å²) in [5.41, 5.74) is 0.355. The molecule has 0 heterocycles. The summed E-state index contributed by atoms with van der Waals surface area (Å²) >= 11 is 0. The van der Waals surface area contributed by atoms with Crippen LogP contribution in [-0.2, 0) is 4.79 Å². The van der Waals surface area contributed by atoms with E-state index in [9.17, 15) is 4.79 Å². The summed E-state index contributed by atoms with van der Waals surface area (Å²) in [6.45, 7) is 14.0. The first kappa shape index (κ1) is 23.7. The smallest absolute Gasteiger partial charge is 0.222 e. The molecule has 3 N–H and O–H groups in total. The molecular weight excluding hydrogens is 391 g/mol. The Morgan fingerprint density at radius 3 is 2.09 bits per heavy atom. The number of aliphatic imine (C=N–C) groups is 1. The molecule has 1 amide bonds. The van der Waals surface area contributed by atoms with Gasteiger partial charge in [0.1, 0.15) is 0 Å². The standard InChI is InChI=1S/C16H34N4O.HI/c1-12(2)14(21)18-10-11-19-15(17-7)20-13(3)8-9-16(4,5)6;/h12-13H,8-11H2,1-7H3,(H,18,21)(H2,17,19,20);1H. The number of amides is 1. The second-order valence-electron chi connectivity index (χ2n) is 7.09. The number of carbonyl (C=O) groups excluding carboxylic acids is 1. The fourth-order valence-electron chi connectivity index (χ4n) is 1.72. The van der Waals surface area contributed by atoms with Crippen molar-refractivity contribution in [3.05, 3.63) is 0 Å². The Hall–Kier alpha value is -0.530. The SMILES string of the molecule is CN=C(NCCNC(=O)C(C)C)NC(C)CCC(C)(C)C.I. The molecule has 0 aromatic carbocycles. The molecule has 0 spiro atoms. The van der Waals surface area contributed by atoms with Crippen LogP contribution < -0.4 is 16.0 Å². The van der Waals surface area contributed by atoms with Crippen molar-refractivity contribution in [2.45, 2.75) is 60.4 Å². The van der Waals surface area contributed by atoms with Gasteiger partial charge in [-0.25, -0.2) is 0 Å². The minimum atomic E-state index is 0. The Labute approximate surface area is 153 Å². The minimum Gasteiger partial charge on any atom is -0.355 e. The van der Waals surface area contributed by atoms with Crippen LogP contribution in [0.1, 0.15) is 54.4 Å². The molecule has 6 heteroatoms. The van der Waals surface area contributed by atoms with Gasteiger partial charge in [-0.1, -0.05) is 34.6 Å². The molecule has 0 aliphatic heterocycles. The van der Waals surface area contributed by atoms with Crippen LogP contribution in [0.2, 0.25) is 0 Å². The van der Waals surface area contributed by atoms with Gasteiger partial charge >= 0.3 is 0 Å². The van der Waals surface area contributed by atoms with Crippen molar-refractivity contribution in [3.8, 4) is 0 Å². The Balaban J connectivity index is 0. The summed E-state index contributed by atoms with van der Waals surface area (Å²) in [5, 5.41) is 9.47. The van der Waals surface area contributed by atoms with E-state index in [2.05, 4.69) is 48.6 Å². The lowest BCUT2D eigenvalue weighted by Gasteiger charge is -2.23. The monoisotopic (exact) mass is 426 g/mol. The van der Waals surface area contributed by atoms with E-state index in [0.717, 1.165) is 12.4 Å². The van der Waals surface area contributed by atoms with Crippen molar-refractivity contribution in [2.24, 2.45) is 16.3 Å². The molecule has 22 heavy (non-hydrogen) atoms.